The van der Waals surface area contributed by atoms with Crippen molar-refractivity contribution in [3.63, 3.8) is 0 Å². The van der Waals surface area contributed by atoms with Crippen LogP contribution in [0.3, 0.4) is 0 Å². The lowest BCUT2D eigenvalue weighted by Gasteiger charge is -2.43. The van der Waals surface area contributed by atoms with E-state index in [2.05, 4.69) is 10.3 Å². The number of urea groups is 1. The predicted octanol–water partition coefficient (Wildman–Crippen LogP) is 1.97. The molecule has 2 saturated heterocycles. The van der Waals surface area contributed by atoms with Gasteiger partial charge in [-0.1, -0.05) is 0 Å². The average molecular weight is 347 g/mol. The average Bonchev–Trinajstić information content (AvgIpc) is 3.04. The molecular weight excluding hydrogens is 318 g/mol. The molecule has 0 bridgehead atoms. The number of aliphatic hydroxyl groups is 1. The number of pyridine rings is 1. The molecule has 1 aromatic heterocycles. The van der Waals surface area contributed by atoms with Crippen molar-refractivity contribution < 1.29 is 14.6 Å². The van der Waals surface area contributed by atoms with Crippen molar-refractivity contribution in [1.29, 1.82) is 0 Å². The van der Waals surface area contributed by atoms with E-state index in [0.29, 0.717) is 19.6 Å². The van der Waals surface area contributed by atoms with Gasteiger partial charge < -0.3 is 20.1 Å². The lowest BCUT2D eigenvalue weighted by Crippen LogP contribution is -2.56. The third kappa shape index (κ3) is 4.30. The van der Waals surface area contributed by atoms with Crippen molar-refractivity contribution in [2.45, 2.75) is 57.2 Å². The quantitative estimate of drug-likeness (QED) is 0.873. The first-order chi connectivity index (χ1) is 12.0. The molecule has 2 N–H and O–H groups in total. The molecule has 138 valence electrons. The molecule has 4 unspecified atom stereocenters. The van der Waals surface area contributed by atoms with Crippen LogP contribution in [0.2, 0.25) is 0 Å². The maximum Gasteiger partial charge on any atom is 0.317 e. The van der Waals surface area contributed by atoms with E-state index in [9.17, 15) is 9.90 Å². The molecule has 0 aromatic carbocycles. The molecule has 6 nitrogen and oxygen atoms in total. The Labute approximate surface area is 149 Å². The molecule has 0 spiro atoms. The van der Waals surface area contributed by atoms with E-state index >= 15 is 0 Å². The standard InChI is InChI=1S/C19H29N3O3/c1-14(12-15-5-8-20-9-6-15)21-18(23)22-10-3-4-17(22)16-13-25-11-7-19(16,2)24/h5-6,8-9,14,16-17,24H,3-4,7,10-13H2,1-2H3,(H,21,23). The molecule has 25 heavy (non-hydrogen) atoms. The number of nitrogens with zero attached hydrogens (tertiary/aromatic N) is 2. The first-order valence-corrected chi connectivity index (χ1v) is 9.23. The molecule has 2 aliphatic rings. The van der Waals surface area contributed by atoms with E-state index in [1.165, 1.54) is 0 Å². The van der Waals surface area contributed by atoms with Crippen molar-refractivity contribution in [3.05, 3.63) is 30.1 Å². The van der Waals surface area contributed by atoms with Gasteiger partial charge in [-0.25, -0.2) is 4.79 Å². The summed E-state index contributed by atoms with van der Waals surface area (Å²) in [5.41, 5.74) is 0.387. The van der Waals surface area contributed by atoms with E-state index in [0.717, 1.165) is 31.4 Å². The molecule has 0 saturated carbocycles. The van der Waals surface area contributed by atoms with Gasteiger partial charge in [0.05, 0.1) is 12.2 Å². The summed E-state index contributed by atoms with van der Waals surface area (Å²) >= 11 is 0. The molecule has 3 heterocycles. The van der Waals surface area contributed by atoms with Gasteiger partial charge in [-0.15, -0.1) is 0 Å². The van der Waals surface area contributed by atoms with Crippen LogP contribution in [0.25, 0.3) is 0 Å². The zero-order valence-electron chi connectivity index (χ0n) is 15.1. The zero-order chi connectivity index (χ0) is 17.9. The van der Waals surface area contributed by atoms with Crippen LogP contribution in [-0.2, 0) is 11.2 Å². The Hall–Kier alpha value is -1.66. The highest BCUT2D eigenvalue weighted by Gasteiger charge is 2.45. The fourth-order valence-electron chi connectivity index (χ4n) is 4.06. The van der Waals surface area contributed by atoms with Crippen molar-refractivity contribution in [3.8, 4) is 0 Å². The molecular formula is C19H29N3O3. The van der Waals surface area contributed by atoms with Crippen molar-refractivity contribution >= 4 is 6.03 Å². The number of hydrogen-bond donors (Lipinski definition) is 2. The van der Waals surface area contributed by atoms with Crippen LogP contribution < -0.4 is 5.32 Å². The monoisotopic (exact) mass is 347 g/mol. The molecule has 2 fully saturated rings. The van der Waals surface area contributed by atoms with Gasteiger partial charge in [0, 0.05) is 43.5 Å². The van der Waals surface area contributed by atoms with Crippen LogP contribution in [0.5, 0.6) is 0 Å². The van der Waals surface area contributed by atoms with E-state index in [1.807, 2.05) is 30.9 Å². The van der Waals surface area contributed by atoms with E-state index in [-0.39, 0.29) is 24.0 Å². The maximum absolute atomic E-state index is 12.8. The number of amides is 2. The van der Waals surface area contributed by atoms with Gasteiger partial charge in [0.25, 0.3) is 0 Å². The third-order valence-corrected chi connectivity index (χ3v) is 5.53. The van der Waals surface area contributed by atoms with Gasteiger partial charge in [0.1, 0.15) is 0 Å². The number of aromatic nitrogens is 1. The highest BCUT2D eigenvalue weighted by atomic mass is 16.5. The van der Waals surface area contributed by atoms with Gasteiger partial charge in [-0.2, -0.15) is 0 Å². The summed E-state index contributed by atoms with van der Waals surface area (Å²) in [5, 5.41) is 13.8. The lowest BCUT2D eigenvalue weighted by atomic mass is 9.79. The van der Waals surface area contributed by atoms with Crippen LogP contribution in [0, 0.1) is 5.92 Å². The maximum atomic E-state index is 12.8. The lowest BCUT2D eigenvalue weighted by molar-refractivity contribution is -0.119. The Balaban J connectivity index is 1.60. The number of carbonyl (C=O) groups excluding carboxylic acids is 1. The Kier molecular flexibility index (Phi) is 5.59. The fraction of sp³-hybridized carbons (Fsp3) is 0.684. The Morgan fingerprint density at radius 3 is 3.00 bits per heavy atom. The Morgan fingerprint density at radius 1 is 1.52 bits per heavy atom. The van der Waals surface area contributed by atoms with Gasteiger partial charge >= 0.3 is 6.03 Å². The van der Waals surface area contributed by atoms with Gasteiger partial charge in [-0.05, 0) is 57.2 Å². The molecule has 4 atom stereocenters. The van der Waals surface area contributed by atoms with Crippen molar-refractivity contribution in [2.75, 3.05) is 19.8 Å². The fourth-order valence-corrected chi connectivity index (χ4v) is 4.06. The SMILES string of the molecule is CC(Cc1ccncc1)NC(=O)N1CCCC1C1COCCC1(C)O. The van der Waals surface area contributed by atoms with Crippen LogP contribution in [0.4, 0.5) is 4.79 Å². The van der Waals surface area contributed by atoms with Crippen LogP contribution in [0.15, 0.2) is 24.5 Å². The number of hydrogen-bond acceptors (Lipinski definition) is 4. The van der Waals surface area contributed by atoms with E-state index in [4.69, 9.17) is 4.74 Å². The molecule has 0 aliphatic carbocycles. The smallest absolute Gasteiger partial charge is 0.317 e. The third-order valence-electron chi connectivity index (χ3n) is 5.53. The summed E-state index contributed by atoms with van der Waals surface area (Å²) in [7, 11) is 0. The second-order valence-corrected chi connectivity index (χ2v) is 7.60. The summed E-state index contributed by atoms with van der Waals surface area (Å²) in [6.07, 6.45) is 6.84. The van der Waals surface area contributed by atoms with Crippen LogP contribution in [0.1, 0.15) is 38.7 Å². The minimum absolute atomic E-state index is 0.0231. The van der Waals surface area contributed by atoms with E-state index in [1.54, 1.807) is 12.4 Å². The second-order valence-electron chi connectivity index (χ2n) is 7.60. The number of nitrogens with one attached hydrogen (secondary N) is 1. The van der Waals surface area contributed by atoms with Crippen molar-refractivity contribution in [2.24, 2.45) is 5.92 Å². The summed E-state index contributed by atoms with van der Waals surface area (Å²) in [6.45, 7) is 5.74. The number of rotatable bonds is 4. The number of ether oxygens (including phenoxy) is 1. The molecule has 3 rings (SSSR count). The Morgan fingerprint density at radius 2 is 2.28 bits per heavy atom. The summed E-state index contributed by atoms with van der Waals surface area (Å²) in [5.74, 6) is -0.0231. The zero-order valence-corrected chi connectivity index (χ0v) is 15.1. The van der Waals surface area contributed by atoms with Crippen LogP contribution in [-0.4, -0.2) is 58.5 Å². The molecule has 2 amide bonds. The minimum Gasteiger partial charge on any atom is -0.390 e. The molecule has 1 aromatic rings. The topological polar surface area (TPSA) is 74.7 Å². The minimum atomic E-state index is -0.769. The normalized spacial score (nSPS) is 30.9. The highest BCUT2D eigenvalue weighted by molar-refractivity contribution is 5.75. The summed E-state index contributed by atoms with van der Waals surface area (Å²) in [4.78, 5) is 18.7. The predicted molar refractivity (Wildman–Crippen MR) is 95.2 cm³/mol. The second kappa shape index (κ2) is 7.70. The van der Waals surface area contributed by atoms with Gasteiger partial charge in [0.2, 0.25) is 0 Å². The van der Waals surface area contributed by atoms with Gasteiger partial charge in [0.15, 0.2) is 0 Å². The van der Waals surface area contributed by atoms with Gasteiger partial charge in [-0.3, -0.25) is 4.98 Å². The Bertz CT molecular complexity index is 579. The molecule has 2 aliphatic heterocycles. The largest absolute Gasteiger partial charge is 0.390 e. The number of carbonyl (C=O) groups is 1. The summed E-state index contributed by atoms with van der Waals surface area (Å²) < 4.78 is 5.59. The molecule has 6 heteroatoms. The first-order valence-electron chi connectivity index (χ1n) is 9.23. The highest BCUT2D eigenvalue weighted by Crippen LogP contribution is 2.35. The van der Waals surface area contributed by atoms with Crippen molar-refractivity contribution in [1.82, 2.24) is 15.2 Å². The summed E-state index contributed by atoms with van der Waals surface area (Å²) in [6, 6.07) is 3.99. The first kappa shape index (κ1) is 18.1. The number of likely N-dealkylation sites (tertiary alicyclic amines) is 1. The molecule has 0 radical (unpaired) electrons. The van der Waals surface area contributed by atoms with E-state index < -0.39 is 5.60 Å². The van der Waals surface area contributed by atoms with Crippen LogP contribution >= 0.6 is 0 Å².